The van der Waals surface area contributed by atoms with Crippen LogP contribution in [-0.4, -0.2) is 31.0 Å². The van der Waals surface area contributed by atoms with Gasteiger partial charge in [0.1, 0.15) is 0 Å². The minimum Gasteiger partial charge on any atom is -0.394 e. The molecule has 0 saturated carbocycles. The number of aliphatic hydroxyl groups excluding tert-OH is 1. The summed E-state index contributed by atoms with van der Waals surface area (Å²) in [6, 6.07) is -0.204. The zero-order valence-corrected chi connectivity index (χ0v) is 17.6. The first-order valence-electron chi connectivity index (χ1n) is 9.52. The van der Waals surface area contributed by atoms with E-state index in [4.69, 9.17) is 4.74 Å². The molecule has 0 saturated heterocycles. The van der Waals surface area contributed by atoms with E-state index in [1.54, 1.807) is 7.11 Å². The molecule has 2 N–H and O–H groups in total. The number of nitrogens with one attached hydrogen (secondary N) is 1. The molecule has 0 aromatic carbocycles. The molecule has 0 rings (SSSR count). The van der Waals surface area contributed by atoms with E-state index in [1.807, 2.05) is 19.1 Å². The van der Waals surface area contributed by atoms with E-state index in [0.717, 1.165) is 31.4 Å². The number of hydrogen-bond donors (Lipinski definition) is 2. The summed E-state index contributed by atoms with van der Waals surface area (Å²) >= 11 is 0. The smallest absolute Gasteiger partial charge is 0.0975 e. The summed E-state index contributed by atoms with van der Waals surface area (Å²) in [6.07, 6.45) is 14.6. The van der Waals surface area contributed by atoms with Gasteiger partial charge in [0.05, 0.1) is 18.8 Å². The number of rotatable bonds is 13. The van der Waals surface area contributed by atoms with Crippen LogP contribution in [0.25, 0.3) is 0 Å². The van der Waals surface area contributed by atoms with Crippen LogP contribution in [0.15, 0.2) is 59.4 Å². The predicted octanol–water partition coefficient (Wildman–Crippen LogP) is 5.46. The Balaban J connectivity index is 4.47. The SMILES string of the molecule is C=C(/C=C(\C)CC/C=C(\C)CCC=C(C)C)N[C@@H](CO)[C@@H](/C=C/C)OC. The molecule has 0 spiro atoms. The van der Waals surface area contributed by atoms with Crippen LogP contribution in [0.5, 0.6) is 0 Å². The summed E-state index contributed by atoms with van der Waals surface area (Å²) in [5.41, 5.74) is 4.90. The number of hydrogen-bond acceptors (Lipinski definition) is 3. The zero-order chi connectivity index (χ0) is 19.9. The molecule has 2 atom stereocenters. The second-order valence-corrected chi connectivity index (χ2v) is 7.08. The van der Waals surface area contributed by atoms with Gasteiger partial charge in [-0.15, -0.1) is 0 Å². The van der Waals surface area contributed by atoms with Crippen LogP contribution in [-0.2, 0) is 4.74 Å². The highest BCUT2D eigenvalue weighted by molar-refractivity contribution is 5.20. The van der Waals surface area contributed by atoms with Gasteiger partial charge in [-0.3, -0.25) is 0 Å². The fourth-order valence-corrected chi connectivity index (χ4v) is 2.68. The molecule has 0 aromatic heterocycles. The fraction of sp³-hybridized carbons (Fsp3) is 0.565. The molecule has 148 valence electrons. The molecule has 0 aromatic rings. The molecular formula is C23H39NO2. The van der Waals surface area contributed by atoms with Crippen LogP contribution in [0.1, 0.15) is 60.3 Å². The number of methoxy groups -OCH3 is 1. The molecular weight excluding hydrogens is 322 g/mol. The monoisotopic (exact) mass is 361 g/mol. The molecule has 0 unspecified atom stereocenters. The maximum atomic E-state index is 9.59. The van der Waals surface area contributed by atoms with Crippen LogP contribution in [0.4, 0.5) is 0 Å². The van der Waals surface area contributed by atoms with Crippen LogP contribution >= 0.6 is 0 Å². The van der Waals surface area contributed by atoms with Gasteiger partial charge in [0, 0.05) is 12.8 Å². The van der Waals surface area contributed by atoms with Crippen LogP contribution in [0.2, 0.25) is 0 Å². The fourth-order valence-electron chi connectivity index (χ4n) is 2.68. The first-order valence-corrected chi connectivity index (χ1v) is 9.52. The lowest BCUT2D eigenvalue weighted by Gasteiger charge is -2.24. The van der Waals surface area contributed by atoms with Gasteiger partial charge >= 0.3 is 0 Å². The predicted molar refractivity (Wildman–Crippen MR) is 114 cm³/mol. The largest absolute Gasteiger partial charge is 0.394 e. The Hall–Kier alpha value is -1.58. The minimum atomic E-state index is -0.204. The molecule has 0 aliphatic heterocycles. The zero-order valence-electron chi connectivity index (χ0n) is 17.6. The van der Waals surface area contributed by atoms with E-state index in [9.17, 15) is 5.11 Å². The normalized spacial score (nSPS) is 15.0. The summed E-state index contributed by atoms with van der Waals surface area (Å²) in [5, 5.41) is 12.8. The Morgan fingerprint density at radius 3 is 2.23 bits per heavy atom. The molecule has 3 heteroatoms. The minimum absolute atomic E-state index is 0.0115. The average Bonchev–Trinajstić information content (AvgIpc) is 2.57. The Kier molecular flexibility index (Phi) is 13.7. The summed E-state index contributed by atoms with van der Waals surface area (Å²) in [4.78, 5) is 0. The molecule has 26 heavy (non-hydrogen) atoms. The number of aliphatic hydroxyl groups is 1. The van der Waals surface area contributed by atoms with Crippen molar-refractivity contribution in [2.24, 2.45) is 0 Å². The van der Waals surface area contributed by atoms with Gasteiger partial charge in [-0.25, -0.2) is 0 Å². The van der Waals surface area contributed by atoms with E-state index in [0.29, 0.717) is 0 Å². The van der Waals surface area contributed by atoms with Crippen molar-refractivity contribution in [3.63, 3.8) is 0 Å². The second kappa shape index (κ2) is 14.6. The van der Waals surface area contributed by atoms with Crippen LogP contribution in [0.3, 0.4) is 0 Å². The lowest BCUT2D eigenvalue weighted by molar-refractivity contribution is 0.0822. The summed E-state index contributed by atoms with van der Waals surface area (Å²) < 4.78 is 5.40. The standard InChI is InChI=1S/C23H39NO2/c1-8-11-23(26-7)22(17-25)24-21(6)16-20(5)15-10-14-19(4)13-9-12-18(2)3/h8,11-12,14,16,22-25H,6,9-10,13,15,17H2,1-5,7H3/b11-8+,19-14+,20-16+/t22-,23+/m0/s1. The van der Waals surface area contributed by atoms with Crippen molar-refractivity contribution in [1.82, 2.24) is 5.32 Å². The Bertz CT molecular complexity index is 522. The summed E-state index contributed by atoms with van der Waals surface area (Å²) in [7, 11) is 1.64. The molecule has 0 bridgehead atoms. The summed E-state index contributed by atoms with van der Waals surface area (Å²) in [5.74, 6) is 0. The van der Waals surface area contributed by atoms with Crippen molar-refractivity contribution >= 4 is 0 Å². The first kappa shape index (κ1) is 24.4. The van der Waals surface area contributed by atoms with Crippen molar-refractivity contribution in [2.75, 3.05) is 13.7 Å². The molecule has 3 nitrogen and oxygen atoms in total. The quantitative estimate of drug-likeness (QED) is 0.338. The Morgan fingerprint density at radius 1 is 1.08 bits per heavy atom. The van der Waals surface area contributed by atoms with Crippen molar-refractivity contribution < 1.29 is 9.84 Å². The molecule has 0 amide bonds. The second-order valence-electron chi connectivity index (χ2n) is 7.08. The van der Waals surface area contributed by atoms with E-state index < -0.39 is 0 Å². The lowest BCUT2D eigenvalue weighted by atomic mass is 10.1. The molecule has 0 fully saturated rings. The molecule has 0 radical (unpaired) electrons. The van der Waals surface area contributed by atoms with Gasteiger partial charge in [-0.2, -0.15) is 0 Å². The van der Waals surface area contributed by atoms with E-state index in [1.165, 1.54) is 16.7 Å². The van der Waals surface area contributed by atoms with Crippen molar-refractivity contribution in [3.05, 3.63) is 59.4 Å². The highest BCUT2D eigenvalue weighted by Crippen LogP contribution is 2.13. The maximum Gasteiger partial charge on any atom is 0.0975 e. The van der Waals surface area contributed by atoms with E-state index in [2.05, 4.69) is 57.8 Å². The topological polar surface area (TPSA) is 41.5 Å². The molecule has 0 heterocycles. The van der Waals surface area contributed by atoms with Gasteiger partial charge in [0.2, 0.25) is 0 Å². The van der Waals surface area contributed by atoms with E-state index >= 15 is 0 Å². The first-order chi connectivity index (χ1) is 12.3. The van der Waals surface area contributed by atoms with Crippen molar-refractivity contribution in [1.29, 1.82) is 0 Å². The lowest BCUT2D eigenvalue weighted by Crippen LogP contribution is -2.41. The molecule has 0 aliphatic rings. The Labute approximate surface area is 161 Å². The number of ether oxygens (including phenoxy) is 1. The molecule has 0 aliphatic carbocycles. The van der Waals surface area contributed by atoms with Gasteiger partial charge in [0.15, 0.2) is 0 Å². The number of allylic oxidation sites excluding steroid dienone is 7. The van der Waals surface area contributed by atoms with Crippen LogP contribution < -0.4 is 5.32 Å². The Morgan fingerprint density at radius 2 is 1.69 bits per heavy atom. The van der Waals surface area contributed by atoms with Gasteiger partial charge in [0.25, 0.3) is 0 Å². The summed E-state index contributed by atoms with van der Waals surface area (Å²) in [6.45, 7) is 14.6. The maximum absolute atomic E-state index is 9.59. The van der Waals surface area contributed by atoms with Gasteiger partial charge in [-0.1, -0.05) is 47.6 Å². The van der Waals surface area contributed by atoms with Crippen LogP contribution in [0, 0.1) is 0 Å². The van der Waals surface area contributed by atoms with Gasteiger partial charge < -0.3 is 15.2 Å². The average molecular weight is 362 g/mol. The highest BCUT2D eigenvalue weighted by atomic mass is 16.5. The van der Waals surface area contributed by atoms with Crippen molar-refractivity contribution in [3.8, 4) is 0 Å². The van der Waals surface area contributed by atoms with Gasteiger partial charge in [-0.05, 0) is 66.4 Å². The highest BCUT2D eigenvalue weighted by Gasteiger charge is 2.17. The van der Waals surface area contributed by atoms with Crippen molar-refractivity contribution in [2.45, 2.75) is 72.4 Å². The third kappa shape index (κ3) is 11.9. The third-order valence-electron chi connectivity index (χ3n) is 4.16. The third-order valence-corrected chi connectivity index (χ3v) is 4.16. The van der Waals surface area contributed by atoms with E-state index in [-0.39, 0.29) is 18.8 Å².